The van der Waals surface area contributed by atoms with E-state index in [9.17, 15) is 29.6 Å². The second kappa shape index (κ2) is 10.3. The maximum atomic E-state index is 12.5. The van der Waals surface area contributed by atoms with Crippen LogP contribution in [0.4, 0.5) is 10.5 Å². The molecule has 10 nitrogen and oxygen atoms in total. The van der Waals surface area contributed by atoms with Crippen molar-refractivity contribution in [3.05, 3.63) is 99.1 Å². The summed E-state index contributed by atoms with van der Waals surface area (Å²) >= 11 is 0. The quantitative estimate of drug-likeness (QED) is 0.275. The van der Waals surface area contributed by atoms with Crippen LogP contribution in [0.5, 0.6) is 0 Å². The number of nitrogens with one attached hydrogen (secondary N) is 1. The average molecular weight is 490 g/mol. The standard InChI is InChI=1S/C26H22N2O8/c1-35-25(31)16-11-10-15(23(13-16)28(33)34)12-22(24(29)30)27-26(32)36-14-21-19-8-4-2-6-17(19)18-7-3-5-9-20(18)21/h2-11,13,21-22H,12,14H2,1H3,(H,27,32)(H,29,30). The Morgan fingerprint density at radius 2 is 1.64 bits per heavy atom. The maximum absolute atomic E-state index is 12.5. The number of nitro benzene ring substituents is 1. The SMILES string of the molecule is COC(=O)c1ccc(CC(NC(=O)OCC2c3ccccc3-c3ccccc32)C(=O)O)c([N+](=O)[O-])c1. The van der Waals surface area contributed by atoms with Gasteiger partial charge in [-0.05, 0) is 28.3 Å². The zero-order valence-corrected chi connectivity index (χ0v) is 19.2. The number of hydrogen-bond acceptors (Lipinski definition) is 7. The summed E-state index contributed by atoms with van der Waals surface area (Å²) in [5, 5.41) is 23.4. The highest BCUT2D eigenvalue weighted by Gasteiger charge is 2.30. The first kappa shape index (κ1) is 24.4. The van der Waals surface area contributed by atoms with E-state index >= 15 is 0 Å². The second-order valence-corrected chi connectivity index (χ2v) is 8.16. The van der Waals surface area contributed by atoms with E-state index in [1.54, 1.807) is 0 Å². The van der Waals surface area contributed by atoms with Crippen LogP contribution in [0.2, 0.25) is 0 Å². The Morgan fingerprint density at radius 3 is 2.19 bits per heavy atom. The molecule has 1 amide bonds. The number of alkyl carbamates (subject to hydrolysis) is 1. The molecule has 1 atom stereocenters. The molecule has 0 saturated carbocycles. The highest BCUT2D eigenvalue weighted by molar-refractivity contribution is 5.90. The molecule has 0 aliphatic heterocycles. The van der Waals surface area contributed by atoms with Crippen LogP contribution >= 0.6 is 0 Å². The third-order valence-electron chi connectivity index (χ3n) is 6.06. The molecule has 36 heavy (non-hydrogen) atoms. The van der Waals surface area contributed by atoms with Crippen LogP contribution in [0.1, 0.15) is 33.0 Å². The molecule has 1 aliphatic carbocycles. The molecule has 2 N–H and O–H groups in total. The smallest absolute Gasteiger partial charge is 0.407 e. The Kier molecular flexibility index (Phi) is 6.95. The number of ether oxygens (including phenoxy) is 2. The number of aliphatic carboxylic acids is 1. The highest BCUT2D eigenvalue weighted by Crippen LogP contribution is 2.44. The van der Waals surface area contributed by atoms with E-state index < -0.39 is 41.1 Å². The predicted octanol–water partition coefficient (Wildman–Crippen LogP) is 3.92. The van der Waals surface area contributed by atoms with Crippen LogP contribution in [0.25, 0.3) is 11.1 Å². The molecule has 0 spiro atoms. The lowest BCUT2D eigenvalue weighted by atomic mass is 9.98. The minimum absolute atomic E-state index is 0.0137. The van der Waals surface area contributed by atoms with Crippen LogP contribution in [0.15, 0.2) is 66.7 Å². The van der Waals surface area contributed by atoms with Gasteiger partial charge in [-0.15, -0.1) is 0 Å². The summed E-state index contributed by atoms with van der Waals surface area (Å²) in [5.74, 6) is -2.37. The number of carbonyl (C=O) groups excluding carboxylic acids is 2. The second-order valence-electron chi connectivity index (χ2n) is 8.16. The number of hydrogen-bond donors (Lipinski definition) is 2. The third-order valence-corrected chi connectivity index (χ3v) is 6.06. The molecule has 0 aromatic heterocycles. The molecule has 3 aromatic carbocycles. The fourth-order valence-electron chi connectivity index (χ4n) is 4.35. The molecule has 1 unspecified atom stereocenters. The molecule has 3 aromatic rings. The van der Waals surface area contributed by atoms with Gasteiger partial charge in [-0.1, -0.05) is 54.6 Å². The summed E-state index contributed by atoms with van der Waals surface area (Å²) in [7, 11) is 1.14. The van der Waals surface area contributed by atoms with Gasteiger partial charge in [0.1, 0.15) is 12.6 Å². The van der Waals surface area contributed by atoms with E-state index in [2.05, 4.69) is 10.1 Å². The molecule has 10 heteroatoms. The number of methoxy groups -OCH3 is 1. The van der Waals surface area contributed by atoms with Crippen molar-refractivity contribution in [1.82, 2.24) is 5.32 Å². The maximum Gasteiger partial charge on any atom is 0.407 e. The van der Waals surface area contributed by atoms with Gasteiger partial charge < -0.3 is 19.9 Å². The predicted molar refractivity (Wildman–Crippen MR) is 128 cm³/mol. The van der Waals surface area contributed by atoms with E-state index in [1.807, 2.05) is 48.5 Å². The van der Waals surface area contributed by atoms with Gasteiger partial charge in [0, 0.05) is 24.0 Å². The number of esters is 1. The monoisotopic (exact) mass is 490 g/mol. The van der Waals surface area contributed by atoms with Gasteiger partial charge in [0.05, 0.1) is 17.6 Å². The number of carbonyl (C=O) groups is 3. The van der Waals surface area contributed by atoms with Crippen molar-refractivity contribution in [2.24, 2.45) is 0 Å². The average Bonchev–Trinajstić information content (AvgIpc) is 3.20. The summed E-state index contributed by atoms with van der Waals surface area (Å²) in [6.07, 6.45) is -1.35. The van der Waals surface area contributed by atoms with Gasteiger partial charge in [-0.2, -0.15) is 0 Å². The number of amides is 1. The fourth-order valence-corrected chi connectivity index (χ4v) is 4.35. The lowest BCUT2D eigenvalue weighted by Crippen LogP contribution is -2.43. The van der Waals surface area contributed by atoms with Crippen molar-refractivity contribution in [3.8, 4) is 11.1 Å². The third kappa shape index (κ3) is 4.88. The lowest BCUT2D eigenvalue weighted by molar-refractivity contribution is -0.385. The molecule has 0 saturated heterocycles. The van der Waals surface area contributed by atoms with Gasteiger partial charge >= 0.3 is 18.0 Å². The normalized spacial score (nSPS) is 12.7. The minimum Gasteiger partial charge on any atom is -0.480 e. The van der Waals surface area contributed by atoms with Crippen molar-refractivity contribution in [2.75, 3.05) is 13.7 Å². The van der Waals surface area contributed by atoms with E-state index in [0.717, 1.165) is 35.4 Å². The van der Waals surface area contributed by atoms with Gasteiger partial charge in [-0.25, -0.2) is 14.4 Å². The van der Waals surface area contributed by atoms with Crippen molar-refractivity contribution in [1.29, 1.82) is 0 Å². The van der Waals surface area contributed by atoms with Crippen LogP contribution in [-0.4, -0.2) is 47.8 Å². The summed E-state index contributed by atoms with van der Waals surface area (Å²) in [4.78, 5) is 46.8. The number of rotatable bonds is 8. The molecule has 4 rings (SSSR count). The summed E-state index contributed by atoms with van der Waals surface area (Å²) < 4.78 is 9.96. The van der Waals surface area contributed by atoms with Crippen LogP contribution < -0.4 is 5.32 Å². The number of nitro groups is 1. The van der Waals surface area contributed by atoms with Crippen molar-refractivity contribution in [2.45, 2.75) is 18.4 Å². The van der Waals surface area contributed by atoms with Crippen molar-refractivity contribution < 1.29 is 33.9 Å². The van der Waals surface area contributed by atoms with Gasteiger partial charge in [0.25, 0.3) is 5.69 Å². The Hall–Kier alpha value is -4.73. The molecule has 184 valence electrons. The van der Waals surface area contributed by atoms with E-state index in [-0.39, 0.29) is 23.7 Å². The first-order valence-electron chi connectivity index (χ1n) is 11.0. The topological polar surface area (TPSA) is 145 Å². The Morgan fingerprint density at radius 1 is 1.03 bits per heavy atom. The number of fused-ring (bicyclic) bond motifs is 3. The molecule has 0 heterocycles. The fraction of sp³-hybridized carbons (Fsp3) is 0.192. The zero-order chi connectivity index (χ0) is 25.8. The van der Waals surface area contributed by atoms with E-state index in [4.69, 9.17) is 4.74 Å². The Labute approximate surface area is 205 Å². The molecular weight excluding hydrogens is 468 g/mol. The van der Waals surface area contributed by atoms with Gasteiger partial charge in [-0.3, -0.25) is 10.1 Å². The van der Waals surface area contributed by atoms with Crippen molar-refractivity contribution >= 4 is 23.7 Å². The summed E-state index contributed by atoms with van der Waals surface area (Å²) in [5.41, 5.74) is 3.62. The highest BCUT2D eigenvalue weighted by atomic mass is 16.6. The largest absolute Gasteiger partial charge is 0.480 e. The summed E-state index contributed by atoms with van der Waals surface area (Å²) in [6, 6.07) is 17.6. The first-order chi connectivity index (χ1) is 17.3. The van der Waals surface area contributed by atoms with E-state index in [1.165, 1.54) is 12.1 Å². The minimum atomic E-state index is -1.50. The lowest BCUT2D eigenvalue weighted by Gasteiger charge is -2.17. The van der Waals surface area contributed by atoms with Crippen LogP contribution in [-0.2, 0) is 20.7 Å². The number of carboxylic acid groups (broad SMARTS) is 1. The molecule has 0 radical (unpaired) electrons. The Balaban J connectivity index is 1.47. The number of nitrogens with zero attached hydrogens (tertiary/aromatic N) is 1. The van der Waals surface area contributed by atoms with E-state index in [0.29, 0.717) is 0 Å². The zero-order valence-electron chi connectivity index (χ0n) is 19.2. The molecular formula is C26H22N2O8. The van der Waals surface area contributed by atoms with Crippen LogP contribution in [0, 0.1) is 10.1 Å². The Bertz CT molecular complexity index is 1310. The van der Waals surface area contributed by atoms with Crippen LogP contribution in [0.3, 0.4) is 0 Å². The van der Waals surface area contributed by atoms with Gasteiger partial charge in [0.15, 0.2) is 0 Å². The molecule has 0 bridgehead atoms. The first-order valence-corrected chi connectivity index (χ1v) is 11.0. The number of benzene rings is 3. The van der Waals surface area contributed by atoms with Gasteiger partial charge in [0.2, 0.25) is 0 Å². The molecule has 1 aliphatic rings. The molecule has 0 fully saturated rings. The number of carboxylic acids is 1. The van der Waals surface area contributed by atoms with Crippen molar-refractivity contribution in [3.63, 3.8) is 0 Å². The summed E-state index contributed by atoms with van der Waals surface area (Å²) in [6.45, 7) is -0.0137.